The van der Waals surface area contributed by atoms with Gasteiger partial charge in [-0.3, -0.25) is 4.79 Å². The molecule has 0 radical (unpaired) electrons. The van der Waals surface area contributed by atoms with Gasteiger partial charge in [-0.15, -0.1) is 0 Å². The first kappa shape index (κ1) is 12.9. The lowest BCUT2D eigenvalue weighted by Gasteiger charge is -2.30. The second-order valence-electron chi connectivity index (χ2n) is 4.40. The Kier molecular flexibility index (Phi) is 4.10. The molecule has 0 N–H and O–H groups in total. The molecule has 1 saturated heterocycles. The van der Waals surface area contributed by atoms with Gasteiger partial charge in [-0.25, -0.2) is 0 Å². The van der Waals surface area contributed by atoms with E-state index in [1.807, 2.05) is 30.0 Å². The van der Waals surface area contributed by atoms with Crippen LogP contribution in [0.3, 0.4) is 0 Å². The monoisotopic (exact) mass is 315 g/mol. The Hall–Kier alpha value is -0.540. The molecule has 1 unspecified atom stereocenters. The maximum absolute atomic E-state index is 12.4. The molecule has 2 nitrogen and oxygen atoms in total. The third kappa shape index (κ3) is 2.83. The number of halogens is 2. The van der Waals surface area contributed by atoms with Gasteiger partial charge in [-0.2, -0.15) is 0 Å². The van der Waals surface area contributed by atoms with E-state index in [1.54, 1.807) is 0 Å². The van der Waals surface area contributed by atoms with Gasteiger partial charge in [0.05, 0.1) is 0 Å². The molecule has 0 aliphatic carbocycles. The van der Waals surface area contributed by atoms with E-state index in [1.165, 1.54) is 0 Å². The average molecular weight is 317 g/mol. The average Bonchev–Trinajstić information content (AvgIpc) is 2.32. The van der Waals surface area contributed by atoms with E-state index < -0.39 is 0 Å². The van der Waals surface area contributed by atoms with E-state index in [0.717, 1.165) is 37.1 Å². The Morgan fingerprint density at radius 2 is 2.29 bits per heavy atom. The normalized spacial score (nSPS) is 20.4. The summed E-state index contributed by atoms with van der Waals surface area (Å²) in [6, 6.07) is 5.50. The van der Waals surface area contributed by atoms with Crippen LogP contribution in [0.5, 0.6) is 0 Å². The summed E-state index contributed by atoms with van der Waals surface area (Å²) < 4.78 is 0. The van der Waals surface area contributed by atoms with Crippen LogP contribution in [0.4, 0.5) is 0 Å². The number of rotatable bonds is 1. The van der Waals surface area contributed by atoms with Gasteiger partial charge in [0.2, 0.25) is 0 Å². The molecule has 1 amide bonds. The van der Waals surface area contributed by atoms with Gasteiger partial charge >= 0.3 is 0 Å². The van der Waals surface area contributed by atoms with Crippen LogP contribution in [0, 0.1) is 6.92 Å². The van der Waals surface area contributed by atoms with Gasteiger partial charge in [0.1, 0.15) is 0 Å². The van der Waals surface area contributed by atoms with Gasteiger partial charge in [0.25, 0.3) is 5.91 Å². The molecule has 92 valence electrons. The maximum Gasteiger partial charge on any atom is 0.254 e. The lowest BCUT2D eigenvalue weighted by atomic mass is 10.1. The van der Waals surface area contributed by atoms with Gasteiger partial charge in [-0.1, -0.05) is 33.6 Å². The van der Waals surface area contributed by atoms with Crippen LogP contribution in [0.2, 0.25) is 5.02 Å². The van der Waals surface area contributed by atoms with Gasteiger partial charge < -0.3 is 4.90 Å². The smallest absolute Gasteiger partial charge is 0.254 e. The number of amides is 1. The lowest BCUT2D eigenvalue weighted by Crippen LogP contribution is -2.40. The second kappa shape index (κ2) is 5.40. The van der Waals surface area contributed by atoms with E-state index in [2.05, 4.69) is 15.9 Å². The highest BCUT2D eigenvalue weighted by atomic mass is 79.9. The zero-order chi connectivity index (χ0) is 12.4. The number of carbonyl (C=O) groups is 1. The minimum Gasteiger partial charge on any atom is -0.338 e. The van der Waals surface area contributed by atoms with Crippen molar-refractivity contribution in [3.8, 4) is 0 Å². The predicted octanol–water partition coefficient (Wildman–Crippen LogP) is 3.65. The van der Waals surface area contributed by atoms with Gasteiger partial charge in [-0.05, 0) is 37.5 Å². The van der Waals surface area contributed by atoms with Crippen molar-refractivity contribution in [3.05, 3.63) is 34.3 Å². The van der Waals surface area contributed by atoms with Crippen molar-refractivity contribution < 1.29 is 4.79 Å². The molecule has 1 atom stereocenters. The summed E-state index contributed by atoms with van der Waals surface area (Å²) in [5.41, 5.74) is 1.59. The van der Waals surface area contributed by atoms with Crippen LogP contribution in [-0.4, -0.2) is 28.7 Å². The molecule has 0 bridgehead atoms. The predicted molar refractivity (Wildman–Crippen MR) is 74.0 cm³/mol. The van der Waals surface area contributed by atoms with E-state index in [-0.39, 0.29) is 5.91 Å². The fraction of sp³-hybridized carbons (Fsp3) is 0.462. The molecule has 1 aromatic carbocycles. The van der Waals surface area contributed by atoms with Crippen LogP contribution in [-0.2, 0) is 0 Å². The molecule has 0 spiro atoms. The number of nitrogens with zero attached hydrogens (tertiary/aromatic N) is 1. The summed E-state index contributed by atoms with van der Waals surface area (Å²) >= 11 is 9.63. The molecule has 1 fully saturated rings. The Balaban J connectivity index is 2.22. The van der Waals surface area contributed by atoms with E-state index in [4.69, 9.17) is 11.6 Å². The SMILES string of the molecule is Cc1c(Cl)cccc1C(=O)N1CCCC(Br)C1. The molecule has 1 aliphatic heterocycles. The van der Waals surface area contributed by atoms with Crippen LogP contribution < -0.4 is 0 Å². The summed E-state index contributed by atoms with van der Waals surface area (Å²) in [5.74, 6) is 0.0918. The minimum absolute atomic E-state index is 0.0918. The van der Waals surface area contributed by atoms with Gasteiger partial charge in [0.15, 0.2) is 0 Å². The Labute approximate surface area is 115 Å². The number of carbonyl (C=O) groups excluding carboxylic acids is 1. The molecular weight excluding hydrogens is 302 g/mol. The minimum atomic E-state index is 0.0918. The molecule has 1 aliphatic rings. The first-order chi connectivity index (χ1) is 8.09. The Morgan fingerprint density at radius 1 is 1.53 bits per heavy atom. The highest BCUT2D eigenvalue weighted by molar-refractivity contribution is 9.09. The van der Waals surface area contributed by atoms with Crippen molar-refractivity contribution in [2.75, 3.05) is 13.1 Å². The molecule has 0 aromatic heterocycles. The van der Waals surface area contributed by atoms with Crippen molar-refractivity contribution >= 4 is 33.4 Å². The lowest BCUT2D eigenvalue weighted by molar-refractivity contribution is 0.0729. The number of likely N-dealkylation sites (tertiary alicyclic amines) is 1. The first-order valence-electron chi connectivity index (χ1n) is 5.78. The fourth-order valence-electron chi connectivity index (χ4n) is 2.12. The number of hydrogen-bond donors (Lipinski definition) is 0. The molecule has 2 rings (SSSR count). The highest BCUT2D eigenvalue weighted by Gasteiger charge is 2.24. The first-order valence-corrected chi connectivity index (χ1v) is 7.07. The quantitative estimate of drug-likeness (QED) is 0.724. The van der Waals surface area contributed by atoms with E-state index >= 15 is 0 Å². The van der Waals surface area contributed by atoms with Crippen molar-refractivity contribution in [1.82, 2.24) is 4.90 Å². The number of piperidine rings is 1. The number of alkyl halides is 1. The summed E-state index contributed by atoms with van der Waals surface area (Å²) in [6.07, 6.45) is 2.19. The van der Waals surface area contributed by atoms with Crippen LogP contribution in [0.25, 0.3) is 0 Å². The van der Waals surface area contributed by atoms with E-state index in [0.29, 0.717) is 9.85 Å². The third-order valence-corrected chi connectivity index (χ3v) is 4.31. The number of benzene rings is 1. The number of hydrogen-bond acceptors (Lipinski definition) is 1. The summed E-state index contributed by atoms with van der Waals surface area (Å²) in [4.78, 5) is 14.7. The molecule has 1 heterocycles. The summed E-state index contributed by atoms with van der Waals surface area (Å²) in [7, 11) is 0. The Bertz CT molecular complexity index is 435. The topological polar surface area (TPSA) is 20.3 Å². The zero-order valence-corrected chi connectivity index (χ0v) is 12.1. The molecule has 4 heteroatoms. The van der Waals surface area contributed by atoms with Crippen LogP contribution >= 0.6 is 27.5 Å². The molecule has 1 aromatic rings. The highest BCUT2D eigenvalue weighted by Crippen LogP contribution is 2.23. The van der Waals surface area contributed by atoms with Crippen LogP contribution in [0.1, 0.15) is 28.8 Å². The van der Waals surface area contributed by atoms with Gasteiger partial charge in [0, 0.05) is 28.5 Å². The standard InChI is InChI=1S/C13H15BrClNO/c1-9-11(5-2-6-12(9)15)13(17)16-7-3-4-10(14)8-16/h2,5-6,10H,3-4,7-8H2,1H3. The van der Waals surface area contributed by atoms with E-state index in [9.17, 15) is 4.79 Å². The largest absolute Gasteiger partial charge is 0.338 e. The zero-order valence-electron chi connectivity index (χ0n) is 9.75. The Morgan fingerprint density at radius 3 is 3.00 bits per heavy atom. The molecule has 17 heavy (non-hydrogen) atoms. The van der Waals surface area contributed by atoms with Crippen molar-refractivity contribution in [2.24, 2.45) is 0 Å². The molecular formula is C13H15BrClNO. The van der Waals surface area contributed by atoms with Crippen molar-refractivity contribution in [1.29, 1.82) is 0 Å². The third-order valence-electron chi connectivity index (χ3n) is 3.15. The van der Waals surface area contributed by atoms with Crippen molar-refractivity contribution in [3.63, 3.8) is 0 Å². The van der Waals surface area contributed by atoms with Crippen molar-refractivity contribution in [2.45, 2.75) is 24.6 Å². The van der Waals surface area contributed by atoms with Crippen LogP contribution in [0.15, 0.2) is 18.2 Å². The fourth-order valence-corrected chi connectivity index (χ4v) is 2.97. The summed E-state index contributed by atoms with van der Waals surface area (Å²) in [5, 5.41) is 0.656. The molecule has 0 saturated carbocycles. The summed E-state index contributed by atoms with van der Waals surface area (Å²) in [6.45, 7) is 3.52. The second-order valence-corrected chi connectivity index (χ2v) is 6.11. The maximum atomic E-state index is 12.4.